The highest BCUT2D eigenvalue weighted by Gasteiger charge is 2.29. The van der Waals surface area contributed by atoms with Crippen LogP contribution in [-0.2, 0) is 9.53 Å². The summed E-state index contributed by atoms with van der Waals surface area (Å²) in [6.45, 7) is 1.73. The molecule has 0 aliphatic carbocycles. The van der Waals surface area contributed by atoms with Crippen LogP contribution in [0.25, 0.3) is 0 Å². The van der Waals surface area contributed by atoms with Gasteiger partial charge in [-0.25, -0.2) is 0 Å². The van der Waals surface area contributed by atoms with Crippen molar-refractivity contribution in [3.8, 4) is 0 Å². The van der Waals surface area contributed by atoms with E-state index in [0.29, 0.717) is 0 Å². The number of ether oxygens (including phenoxy) is 1. The van der Waals surface area contributed by atoms with Gasteiger partial charge in [0.15, 0.2) is 0 Å². The fraction of sp³-hybridized carbons (Fsp3) is 0.750. The number of hydrogen-bond donors (Lipinski definition) is 0. The van der Waals surface area contributed by atoms with Gasteiger partial charge in [0.2, 0.25) is 3.79 Å². The summed E-state index contributed by atoms with van der Waals surface area (Å²) in [4.78, 5) is 9.66. The summed E-state index contributed by atoms with van der Waals surface area (Å²) < 4.78 is 2.80. The highest BCUT2D eigenvalue weighted by Crippen LogP contribution is 2.31. The second kappa shape index (κ2) is 3.49. The number of carbonyl (C=O) groups is 1. The number of hydrogen-bond acceptors (Lipinski definition) is 2. The van der Waals surface area contributed by atoms with Gasteiger partial charge in [-0.2, -0.15) is 0 Å². The standard InChI is InChI=1S/C4H5Cl3O2/c1-3(9-2-8)4(5,6)7/h2-3H,1H3. The van der Waals surface area contributed by atoms with Gasteiger partial charge in [0.05, 0.1) is 0 Å². The second-order valence-corrected chi connectivity index (χ2v) is 3.79. The first kappa shape index (κ1) is 9.34. The molecule has 1 atom stereocenters. The topological polar surface area (TPSA) is 26.3 Å². The predicted molar refractivity (Wildman–Crippen MR) is 36.9 cm³/mol. The van der Waals surface area contributed by atoms with Gasteiger partial charge in [-0.15, -0.1) is 0 Å². The Labute approximate surface area is 68.0 Å². The van der Waals surface area contributed by atoms with Crippen molar-refractivity contribution in [1.29, 1.82) is 0 Å². The summed E-state index contributed by atoms with van der Waals surface area (Å²) in [6.07, 6.45) is -0.708. The van der Waals surface area contributed by atoms with Crippen LogP contribution in [0.1, 0.15) is 6.92 Å². The molecule has 2 nitrogen and oxygen atoms in total. The van der Waals surface area contributed by atoms with Crippen LogP contribution in [0.15, 0.2) is 0 Å². The molecule has 1 unspecified atom stereocenters. The minimum Gasteiger partial charge on any atom is -0.460 e. The van der Waals surface area contributed by atoms with Crippen LogP contribution in [0.4, 0.5) is 0 Å². The van der Waals surface area contributed by atoms with Gasteiger partial charge in [0.1, 0.15) is 6.10 Å². The molecule has 0 bridgehead atoms. The van der Waals surface area contributed by atoms with E-state index in [1.54, 1.807) is 0 Å². The SMILES string of the molecule is CC(OC=O)C(Cl)(Cl)Cl. The molecule has 5 heteroatoms. The predicted octanol–water partition coefficient (Wildman–Crippen LogP) is 1.92. The lowest BCUT2D eigenvalue weighted by molar-refractivity contribution is -0.132. The first-order valence-electron chi connectivity index (χ1n) is 2.14. The number of halogens is 3. The maximum Gasteiger partial charge on any atom is 0.293 e. The maximum absolute atomic E-state index is 9.66. The molecule has 54 valence electrons. The second-order valence-electron chi connectivity index (χ2n) is 1.42. The molecular weight excluding hydrogens is 186 g/mol. The van der Waals surface area contributed by atoms with Crippen LogP contribution in [0.2, 0.25) is 0 Å². The van der Waals surface area contributed by atoms with Crippen molar-refractivity contribution >= 4 is 41.3 Å². The molecular formula is C4H5Cl3O2. The highest BCUT2D eigenvalue weighted by atomic mass is 35.6. The van der Waals surface area contributed by atoms with Crippen molar-refractivity contribution in [3.05, 3.63) is 0 Å². The minimum atomic E-state index is -1.53. The van der Waals surface area contributed by atoms with Gasteiger partial charge in [0, 0.05) is 0 Å². The fourth-order valence-corrected chi connectivity index (χ4v) is 0.315. The summed E-state index contributed by atoms with van der Waals surface area (Å²) in [7, 11) is 0. The summed E-state index contributed by atoms with van der Waals surface area (Å²) in [6, 6.07) is 0. The zero-order valence-electron chi connectivity index (χ0n) is 4.61. The third-order valence-corrected chi connectivity index (χ3v) is 1.64. The third kappa shape index (κ3) is 3.84. The molecule has 0 aliphatic rings. The Balaban J connectivity index is 3.72. The van der Waals surface area contributed by atoms with E-state index in [1.165, 1.54) is 6.92 Å². The van der Waals surface area contributed by atoms with Crippen molar-refractivity contribution < 1.29 is 9.53 Å². The van der Waals surface area contributed by atoms with Gasteiger partial charge in [0.25, 0.3) is 6.47 Å². The van der Waals surface area contributed by atoms with Crippen molar-refractivity contribution in [2.45, 2.75) is 16.8 Å². The number of alkyl halides is 3. The van der Waals surface area contributed by atoms with Crippen LogP contribution in [-0.4, -0.2) is 16.4 Å². The molecule has 0 amide bonds. The summed E-state index contributed by atoms with van der Waals surface area (Å²) >= 11 is 15.9. The van der Waals surface area contributed by atoms with Crippen LogP contribution in [0, 0.1) is 0 Å². The lowest BCUT2D eigenvalue weighted by atomic mass is 10.5. The molecule has 0 N–H and O–H groups in total. The molecule has 0 rings (SSSR count). The van der Waals surface area contributed by atoms with Crippen LogP contribution in [0.5, 0.6) is 0 Å². The first-order chi connectivity index (χ1) is 3.98. The quantitative estimate of drug-likeness (QED) is 0.492. The lowest BCUT2D eigenvalue weighted by Crippen LogP contribution is -2.24. The first-order valence-corrected chi connectivity index (χ1v) is 3.27. The normalized spacial score (nSPS) is 14.7. The smallest absolute Gasteiger partial charge is 0.293 e. The van der Waals surface area contributed by atoms with Crippen molar-refractivity contribution in [3.63, 3.8) is 0 Å². The average Bonchev–Trinajstić information content (AvgIpc) is 1.64. The van der Waals surface area contributed by atoms with Crippen molar-refractivity contribution in [2.24, 2.45) is 0 Å². The van der Waals surface area contributed by atoms with Crippen LogP contribution in [0.3, 0.4) is 0 Å². The van der Waals surface area contributed by atoms with E-state index in [0.717, 1.165) is 0 Å². The van der Waals surface area contributed by atoms with Gasteiger partial charge < -0.3 is 4.74 Å². The maximum atomic E-state index is 9.66. The molecule has 9 heavy (non-hydrogen) atoms. The molecule has 0 saturated carbocycles. The summed E-state index contributed by atoms with van der Waals surface area (Å²) in [5, 5.41) is 0. The summed E-state index contributed by atoms with van der Waals surface area (Å²) in [5.74, 6) is 0. The largest absolute Gasteiger partial charge is 0.460 e. The fourth-order valence-electron chi connectivity index (χ4n) is 0.160. The Morgan fingerprint density at radius 3 is 2.11 bits per heavy atom. The van der Waals surface area contributed by atoms with Gasteiger partial charge in [-0.05, 0) is 6.92 Å². The Kier molecular flexibility index (Phi) is 3.63. The van der Waals surface area contributed by atoms with E-state index in [2.05, 4.69) is 4.74 Å². The van der Waals surface area contributed by atoms with Crippen LogP contribution >= 0.6 is 34.8 Å². The Bertz CT molecular complexity index is 98.5. The van der Waals surface area contributed by atoms with E-state index < -0.39 is 9.90 Å². The lowest BCUT2D eigenvalue weighted by Gasteiger charge is -2.17. The average molecular weight is 191 g/mol. The van der Waals surface area contributed by atoms with Crippen molar-refractivity contribution in [1.82, 2.24) is 0 Å². The monoisotopic (exact) mass is 190 g/mol. The molecule has 0 radical (unpaired) electrons. The zero-order chi connectivity index (χ0) is 7.49. The van der Waals surface area contributed by atoms with Gasteiger partial charge in [-0.3, -0.25) is 4.79 Å². The van der Waals surface area contributed by atoms with E-state index in [4.69, 9.17) is 34.8 Å². The molecule has 0 aromatic rings. The Hall–Kier alpha value is 0.340. The molecule has 0 heterocycles. The van der Waals surface area contributed by atoms with Crippen molar-refractivity contribution in [2.75, 3.05) is 0 Å². The van der Waals surface area contributed by atoms with E-state index in [-0.39, 0.29) is 6.47 Å². The molecule has 0 aromatic carbocycles. The van der Waals surface area contributed by atoms with Crippen LogP contribution < -0.4 is 0 Å². The minimum absolute atomic E-state index is 0.243. The van der Waals surface area contributed by atoms with Gasteiger partial charge >= 0.3 is 0 Å². The molecule has 0 aromatic heterocycles. The molecule has 0 spiro atoms. The molecule has 0 aliphatic heterocycles. The Morgan fingerprint density at radius 1 is 1.56 bits per heavy atom. The van der Waals surface area contributed by atoms with Gasteiger partial charge in [-0.1, -0.05) is 34.8 Å². The highest BCUT2D eigenvalue weighted by molar-refractivity contribution is 6.68. The number of rotatable bonds is 2. The molecule has 0 saturated heterocycles. The zero-order valence-corrected chi connectivity index (χ0v) is 6.87. The Morgan fingerprint density at radius 2 is 2.00 bits per heavy atom. The van der Waals surface area contributed by atoms with E-state index >= 15 is 0 Å². The third-order valence-electron chi connectivity index (χ3n) is 0.721. The van der Waals surface area contributed by atoms with E-state index in [1.807, 2.05) is 0 Å². The van der Waals surface area contributed by atoms with E-state index in [9.17, 15) is 4.79 Å². The number of carbonyl (C=O) groups excluding carboxylic acids is 1. The molecule has 0 fully saturated rings. The summed E-state index contributed by atoms with van der Waals surface area (Å²) in [5.41, 5.74) is 0.